The van der Waals surface area contributed by atoms with Crippen LogP contribution in [-0.4, -0.2) is 35.0 Å². The van der Waals surface area contributed by atoms with Crippen LogP contribution in [-0.2, 0) is 9.84 Å². The minimum Gasteiger partial charge on any atom is -0.456 e. The van der Waals surface area contributed by atoms with Gasteiger partial charge in [-0.2, -0.15) is 0 Å². The Hall–Kier alpha value is -3.72. The number of anilines is 1. The van der Waals surface area contributed by atoms with E-state index in [1.807, 2.05) is 24.6 Å². The van der Waals surface area contributed by atoms with E-state index in [1.165, 1.54) is 13.3 Å². The summed E-state index contributed by atoms with van der Waals surface area (Å²) in [5.74, 6) is 0.869. The van der Waals surface area contributed by atoms with E-state index < -0.39 is 9.84 Å². The van der Waals surface area contributed by atoms with E-state index in [4.69, 9.17) is 10.5 Å². The van der Waals surface area contributed by atoms with Gasteiger partial charge in [0.25, 0.3) is 0 Å². The standard InChI is InChI=1S/C24H24N4O4S/c1-14(2)28-12-19(22-23(25)26-13-27-24(22)28)17-7-10-20(21(11-17)33(4,30)31)32-18-8-5-16(6-9-18)15(3)29/h5-14H,1-4H3,(H2,25,26,27). The maximum atomic E-state index is 12.6. The summed E-state index contributed by atoms with van der Waals surface area (Å²) >= 11 is 0. The summed E-state index contributed by atoms with van der Waals surface area (Å²) in [6.07, 6.45) is 4.45. The van der Waals surface area contributed by atoms with Crippen molar-refractivity contribution >= 4 is 32.5 Å². The molecule has 0 saturated carbocycles. The minimum atomic E-state index is -3.63. The van der Waals surface area contributed by atoms with Gasteiger partial charge >= 0.3 is 0 Å². The molecule has 8 nitrogen and oxygen atoms in total. The van der Waals surface area contributed by atoms with Crippen LogP contribution in [0.15, 0.2) is 59.9 Å². The lowest BCUT2D eigenvalue weighted by atomic mass is 10.1. The van der Waals surface area contributed by atoms with Crippen LogP contribution in [0.5, 0.6) is 11.5 Å². The summed E-state index contributed by atoms with van der Waals surface area (Å²) in [6.45, 7) is 5.53. The Labute approximate surface area is 192 Å². The van der Waals surface area contributed by atoms with E-state index in [0.717, 1.165) is 11.8 Å². The van der Waals surface area contributed by atoms with Crippen LogP contribution in [0.25, 0.3) is 22.2 Å². The number of aromatic nitrogens is 3. The van der Waals surface area contributed by atoms with Crippen LogP contribution in [0.1, 0.15) is 37.2 Å². The number of Topliss-reactive ketones (excluding diaryl/α,β-unsaturated/α-hetero) is 1. The number of benzene rings is 2. The van der Waals surface area contributed by atoms with Crippen LogP contribution < -0.4 is 10.5 Å². The average Bonchev–Trinajstić information content (AvgIpc) is 3.15. The predicted molar refractivity (Wildman–Crippen MR) is 127 cm³/mol. The minimum absolute atomic E-state index is 0.0384. The lowest BCUT2D eigenvalue weighted by molar-refractivity contribution is 0.101. The molecular formula is C24H24N4O4S. The average molecular weight is 465 g/mol. The number of carbonyl (C=O) groups is 1. The third-order valence-electron chi connectivity index (χ3n) is 5.34. The van der Waals surface area contributed by atoms with E-state index >= 15 is 0 Å². The largest absolute Gasteiger partial charge is 0.456 e. The first kappa shape index (κ1) is 22.5. The Balaban J connectivity index is 1.84. The fraction of sp³-hybridized carbons (Fsp3) is 0.208. The molecule has 0 bridgehead atoms. The molecule has 0 saturated heterocycles. The van der Waals surface area contributed by atoms with E-state index in [2.05, 4.69) is 9.97 Å². The van der Waals surface area contributed by atoms with Gasteiger partial charge in [0.15, 0.2) is 15.6 Å². The number of nitrogen functional groups attached to an aromatic ring is 1. The van der Waals surface area contributed by atoms with Crippen molar-refractivity contribution in [3.8, 4) is 22.6 Å². The van der Waals surface area contributed by atoms with Crippen molar-refractivity contribution in [1.82, 2.24) is 14.5 Å². The number of hydrogen-bond donors (Lipinski definition) is 1. The fourth-order valence-electron chi connectivity index (χ4n) is 3.66. The lowest BCUT2D eigenvalue weighted by Gasteiger charge is -2.12. The molecule has 170 valence electrons. The van der Waals surface area contributed by atoms with E-state index in [-0.39, 0.29) is 22.5 Å². The zero-order chi connectivity index (χ0) is 23.9. The van der Waals surface area contributed by atoms with Crippen molar-refractivity contribution in [3.63, 3.8) is 0 Å². The molecule has 2 aromatic carbocycles. The number of ketones is 1. The molecule has 0 atom stereocenters. The molecule has 9 heteroatoms. The summed E-state index contributed by atoms with van der Waals surface area (Å²) < 4.78 is 33.1. The van der Waals surface area contributed by atoms with Crippen molar-refractivity contribution in [2.45, 2.75) is 31.7 Å². The van der Waals surface area contributed by atoms with E-state index in [9.17, 15) is 13.2 Å². The van der Waals surface area contributed by atoms with Crippen LogP contribution in [0.4, 0.5) is 5.82 Å². The molecule has 0 spiro atoms. The van der Waals surface area contributed by atoms with Gasteiger partial charge in [-0.1, -0.05) is 6.07 Å². The van der Waals surface area contributed by atoms with Gasteiger partial charge in [0.2, 0.25) is 0 Å². The number of sulfone groups is 1. The number of nitrogens with two attached hydrogens (primary N) is 1. The quantitative estimate of drug-likeness (QED) is 0.412. The van der Waals surface area contributed by atoms with Gasteiger partial charge in [-0.05, 0) is 62.7 Å². The molecule has 0 aliphatic heterocycles. The Morgan fingerprint density at radius 1 is 1.09 bits per heavy atom. The van der Waals surface area contributed by atoms with Gasteiger partial charge in [-0.15, -0.1) is 0 Å². The van der Waals surface area contributed by atoms with Gasteiger partial charge in [0, 0.05) is 29.6 Å². The van der Waals surface area contributed by atoms with Gasteiger partial charge in [-0.3, -0.25) is 4.79 Å². The SMILES string of the molecule is CC(=O)c1ccc(Oc2ccc(-c3cn(C(C)C)c4ncnc(N)c34)cc2S(C)(=O)=O)cc1. The Morgan fingerprint density at radius 2 is 1.79 bits per heavy atom. The zero-order valence-electron chi connectivity index (χ0n) is 18.7. The van der Waals surface area contributed by atoms with Crippen molar-refractivity contribution < 1.29 is 17.9 Å². The molecule has 0 radical (unpaired) electrons. The van der Waals surface area contributed by atoms with Crippen molar-refractivity contribution in [2.75, 3.05) is 12.0 Å². The number of carbonyl (C=O) groups excluding carboxylic acids is 1. The Morgan fingerprint density at radius 3 is 2.39 bits per heavy atom. The maximum absolute atomic E-state index is 12.6. The van der Waals surface area contributed by atoms with Crippen LogP contribution in [0, 0.1) is 0 Å². The fourth-order valence-corrected chi connectivity index (χ4v) is 4.47. The van der Waals surface area contributed by atoms with Gasteiger partial charge in [0.1, 0.15) is 34.2 Å². The highest BCUT2D eigenvalue weighted by Crippen LogP contribution is 2.38. The maximum Gasteiger partial charge on any atom is 0.179 e. The highest BCUT2D eigenvalue weighted by atomic mass is 32.2. The summed E-state index contributed by atoms with van der Waals surface area (Å²) in [5, 5.41) is 0.666. The molecule has 0 aliphatic rings. The zero-order valence-corrected chi connectivity index (χ0v) is 19.6. The van der Waals surface area contributed by atoms with Crippen LogP contribution in [0.2, 0.25) is 0 Å². The normalized spacial score (nSPS) is 11.8. The number of ether oxygens (including phenoxy) is 1. The predicted octanol–water partition coefficient (Wildman–Crippen LogP) is 4.66. The molecule has 0 fully saturated rings. The number of fused-ring (bicyclic) bond motifs is 1. The summed E-state index contributed by atoms with van der Waals surface area (Å²) in [7, 11) is -3.63. The number of hydrogen-bond acceptors (Lipinski definition) is 7. The van der Waals surface area contributed by atoms with E-state index in [0.29, 0.717) is 33.7 Å². The molecule has 4 aromatic rings. The third kappa shape index (κ3) is 4.31. The Kier molecular flexibility index (Phi) is 5.67. The smallest absolute Gasteiger partial charge is 0.179 e. The highest BCUT2D eigenvalue weighted by Gasteiger charge is 2.21. The first-order chi connectivity index (χ1) is 15.6. The van der Waals surface area contributed by atoms with Gasteiger partial charge in [-0.25, -0.2) is 18.4 Å². The first-order valence-corrected chi connectivity index (χ1v) is 12.2. The molecule has 0 aliphatic carbocycles. The van der Waals surface area contributed by atoms with Crippen LogP contribution in [0.3, 0.4) is 0 Å². The molecule has 2 heterocycles. The highest BCUT2D eigenvalue weighted by molar-refractivity contribution is 7.90. The summed E-state index contributed by atoms with van der Waals surface area (Å²) in [5.41, 5.74) is 8.78. The topological polar surface area (TPSA) is 117 Å². The van der Waals surface area contributed by atoms with Crippen molar-refractivity contribution in [2.24, 2.45) is 0 Å². The summed E-state index contributed by atoms with van der Waals surface area (Å²) in [6, 6.07) is 11.6. The Bertz CT molecular complexity index is 1470. The number of nitrogens with zero attached hydrogens (tertiary/aromatic N) is 3. The molecule has 0 unspecified atom stereocenters. The lowest BCUT2D eigenvalue weighted by Crippen LogP contribution is -2.01. The van der Waals surface area contributed by atoms with E-state index in [1.54, 1.807) is 42.5 Å². The molecule has 33 heavy (non-hydrogen) atoms. The molecule has 2 aromatic heterocycles. The van der Waals surface area contributed by atoms with Crippen molar-refractivity contribution in [1.29, 1.82) is 0 Å². The van der Waals surface area contributed by atoms with Crippen molar-refractivity contribution in [3.05, 3.63) is 60.6 Å². The second-order valence-corrected chi connectivity index (χ2v) is 10.1. The molecule has 0 amide bonds. The molecule has 2 N–H and O–H groups in total. The molecular weight excluding hydrogens is 440 g/mol. The second-order valence-electron chi connectivity index (χ2n) is 8.12. The first-order valence-electron chi connectivity index (χ1n) is 10.3. The third-order valence-corrected chi connectivity index (χ3v) is 6.46. The monoisotopic (exact) mass is 464 g/mol. The van der Waals surface area contributed by atoms with Crippen LogP contribution >= 0.6 is 0 Å². The molecule has 4 rings (SSSR count). The summed E-state index contributed by atoms with van der Waals surface area (Å²) in [4.78, 5) is 20.0. The second kappa shape index (κ2) is 8.32. The van der Waals surface area contributed by atoms with Gasteiger partial charge in [0.05, 0.1) is 5.39 Å². The number of rotatable bonds is 6. The van der Waals surface area contributed by atoms with Gasteiger partial charge < -0.3 is 15.0 Å².